The van der Waals surface area contributed by atoms with Crippen molar-refractivity contribution in [2.75, 3.05) is 13.2 Å². The van der Waals surface area contributed by atoms with Crippen LogP contribution in [0.1, 0.15) is 140 Å². The maximum Gasteiger partial charge on any atom is 0.407 e. The lowest BCUT2D eigenvalue weighted by Crippen LogP contribution is -2.49. The van der Waals surface area contributed by atoms with Crippen LogP contribution >= 0.6 is 0 Å². The molecule has 0 aromatic rings. The second-order valence-electron chi connectivity index (χ2n) is 13.8. The summed E-state index contributed by atoms with van der Waals surface area (Å²) in [5.41, 5.74) is 3.82. The van der Waals surface area contributed by atoms with Crippen LogP contribution in [0.5, 0.6) is 0 Å². The summed E-state index contributed by atoms with van der Waals surface area (Å²) in [6.07, 6.45) is 9.00. The maximum atomic E-state index is 12.4. The molecular formula is C31H60N2O6. The number of carbonyl (C=O) groups is 3. The highest BCUT2D eigenvalue weighted by atomic mass is 16.6. The van der Waals surface area contributed by atoms with Gasteiger partial charge >= 0.3 is 18.0 Å². The molecule has 0 heterocycles. The van der Waals surface area contributed by atoms with Crippen molar-refractivity contribution in [1.29, 1.82) is 0 Å². The Hall–Kier alpha value is -1.83. The number of alkyl carbamates (subject to hydrolysis) is 1. The van der Waals surface area contributed by atoms with Gasteiger partial charge in [-0.15, -0.1) is 0 Å². The minimum atomic E-state index is -1.08. The molecule has 0 aliphatic rings. The quantitative estimate of drug-likeness (QED) is 0.0993. The van der Waals surface area contributed by atoms with E-state index in [4.69, 9.17) is 19.9 Å². The minimum absolute atomic E-state index is 0.0238. The molecule has 0 bridgehead atoms. The van der Waals surface area contributed by atoms with Crippen molar-refractivity contribution in [3.8, 4) is 0 Å². The van der Waals surface area contributed by atoms with E-state index in [0.29, 0.717) is 25.2 Å². The van der Waals surface area contributed by atoms with Crippen molar-refractivity contribution in [3.05, 3.63) is 0 Å². The van der Waals surface area contributed by atoms with Crippen LogP contribution in [-0.4, -0.2) is 47.9 Å². The Kier molecular flexibility index (Phi) is 16.3. The fourth-order valence-corrected chi connectivity index (χ4v) is 5.01. The van der Waals surface area contributed by atoms with Gasteiger partial charge in [-0.25, -0.2) is 4.79 Å². The third-order valence-corrected chi connectivity index (χ3v) is 6.71. The monoisotopic (exact) mass is 556 g/mol. The van der Waals surface area contributed by atoms with E-state index in [0.717, 1.165) is 32.1 Å². The molecule has 39 heavy (non-hydrogen) atoms. The van der Waals surface area contributed by atoms with E-state index in [1.54, 1.807) is 6.92 Å². The van der Waals surface area contributed by atoms with Crippen molar-refractivity contribution >= 4 is 18.0 Å². The molecule has 2 atom stereocenters. The van der Waals surface area contributed by atoms with E-state index in [2.05, 4.69) is 19.2 Å². The molecule has 0 aromatic carbocycles. The second kappa shape index (κ2) is 17.1. The first kappa shape index (κ1) is 37.2. The van der Waals surface area contributed by atoms with Gasteiger partial charge in [-0.1, -0.05) is 66.7 Å². The summed E-state index contributed by atoms with van der Waals surface area (Å²) in [6.45, 7) is 20.0. The summed E-state index contributed by atoms with van der Waals surface area (Å²) < 4.78 is 16.6. The smallest absolute Gasteiger partial charge is 0.407 e. The van der Waals surface area contributed by atoms with Crippen LogP contribution in [0.3, 0.4) is 0 Å². The Morgan fingerprint density at radius 1 is 0.846 bits per heavy atom. The topological polar surface area (TPSA) is 117 Å². The molecule has 8 nitrogen and oxygen atoms in total. The van der Waals surface area contributed by atoms with E-state index in [1.165, 1.54) is 19.3 Å². The normalized spacial score (nSPS) is 14.7. The van der Waals surface area contributed by atoms with Gasteiger partial charge in [-0.05, 0) is 78.1 Å². The molecule has 0 spiro atoms. The number of nitrogens with two attached hydrogens (primary N) is 1. The van der Waals surface area contributed by atoms with Crippen LogP contribution in [0.2, 0.25) is 0 Å². The highest BCUT2D eigenvalue weighted by molar-refractivity contribution is 5.80. The molecule has 230 valence electrons. The number of esters is 2. The van der Waals surface area contributed by atoms with E-state index in [9.17, 15) is 14.4 Å². The largest absolute Gasteiger partial charge is 0.462 e. The van der Waals surface area contributed by atoms with E-state index >= 15 is 0 Å². The predicted octanol–water partition coefficient (Wildman–Crippen LogP) is 7.07. The van der Waals surface area contributed by atoms with Crippen molar-refractivity contribution in [2.24, 2.45) is 17.1 Å². The Balaban J connectivity index is 4.21. The minimum Gasteiger partial charge on any atom is -0.462 e. The third-order valence-electron chi connectivity index (χ3n) is 6.71. The van der Waals surface area contributed by atoms with Gasteiger partial charge in [0, 0.05) is 6.42 Å². The number of hydrogen-bond donors (Lipinski definition) is 2. The zero-order valence-corrected chi connectivity index (χ0v) is 26.8. The van der Waals surface area contributed by atoms with Crippen LogP contribution in [0.25, 0.3) is 0 Å². The first-order chi connectivity index (χ1) is 17.8. The predicted molar refractivity (Wildman–Crippen MR) is 157 cm³/mol. The number of rotatable bonds is 19. The number of amides is 1. The number of nitrogens with one attached hydrogen (secondary N) is 1. The van der Waals surface area contributed by atoms with Crippen molar-refractivity contribution in [3.63, 3.8) is 0 Å². The average molecular weight is 557 g/mol. The molecule has 0 rings (SSSR count). The van der Waals surface area contributed by atoms with Crippen LogP contribution in [0.15, 0.2) is 0 Å². The van der Waals surface area contributed by atoms with Crippen molar-refractivity contribution in [1.82, 2.24) is 5.32 Å². The van der Waals surface area contributed by atoms with Crippen molar-refractivity contribution < 1.29 is 28.6 Å². The molecule has 0 aromatic heterocycles. The lowest BCUT2D eigenvalue weighted by atomic mass is 9.81. The average Bonchev–Trinajstić information content (AvgIpc) is 2.76. The van der Waals surface area contributed by atoms with Gasteiger partial charge in [0.15, 0.2) is 0 Å². The van der Waals surface area contributed by atoms with Gasteiger partial charge in [-0.2, -0.15) is 0 Å². The molecule has 1 amide bonds. The van der Waals surface area contributed by atoms with Gasteiger partial charge in [-0.3, -0.25) is 9.59 Å². The summed E-state index contributed by atoms with van der Waals surface area (Å²) in [7, 11) is 0. The molecule has 3 N–H and O–H groups in total. The molecular weight excluding hydrogens is 496 g/mol. The first-order valence-electron chi connectivity index (χ1n) is 15.0. The Labute approximate surface area is 238 Å². The second-order valence-corrected chi connectivity index (χ2v) is 13.8. The summed E-state index contributed by atoms with van der Waals surface area (Å²) in [5.74, 6) is -0.0471. The molecule has 2 unspecified atom stereocenters. The lowest BCUT2D eigenvalue weighted by molar-refractivity contribution is -0.158. The van der Waals surface area contributed by atoms with Gasteiger partial charge in [0.1, 0.15) is 23.3 Å². The zero-order valence-electron chi connectivity index (χ0n) is 26.8. The summed E-state index contributed by atoms with van der Waals surface area (Å²) >= 11 is 0. The lowest BCUT2D eigenvalue weighted by Gasteiger charge is -2.30. The molecule has 0 aliphatic heterocycles. The van der Waals surface area contributed by atoms with E-state index in [1.807, 2.05) is 48.5 Å². The third kappa shape index (κ3) is 19.0. The molecule has 0 aliphatic carbocycles. The number of ether oxygens (including phenoxy) is 3. The van der Waals surface area contributed by atoms with Crippen LogP contribution in [0, 0.1) is 11.3 Å². The molecule has 0 saturated heterocycles. The summed E-state index contributed by atoms with van der Waals surface area (Å²) in [5, 5.41) is 2.62. The van der Waals surface area contributed by atoms with Crippen LogP contribution in [0.4, 0.5) is 4.79 Å². The fourth-order valence-electron chi connectivity index (χ4n) is 5.01. The summed E-state index contributed by atoms with van der Waals surface area (Å²) in [4.78, 5) is 36.9. The zero-order chi connectivity index (χ0) is 30.3. The highest BCUT2D eigenvalue weighted by Gasteiger charge is 2.34. The molecule has 8 heteroatoms. The maximum absolute atomic E-state index is 12.4. The standard InChI is InChI=1S/C31H60N2O6/c1-11-13-17-24(12-2)22-30(8,9)38-25(34)18-15-14-16-19-29(6,7)39-27(36)33-20-21-37-26(35)31(10,32)23-28(3,4)5/h24H,11-23,32H2,1-10H3,(H,33,36). The SMILES string of the molecule is CCCCC(CC)CC(C)(C)OC(=O)CCCCCC(C)(C)OC(=O)NCCOC(=O)C(C)(N)CC(C)(C)C. The number of hydrogen-bond acceptors (Lipinski definition) is 7. The van der Waals surface area contributed by atoms with Gasteiger partial charge in [0.2, 0.25) is 0 Å². The van der Waals surface area contributed by atoms with Crippen LogP contribution in [-0.2, 0) is 23.8 Å². The Morgan fingerprint density at radius 2 is 1.49 bits per heavy atom. The first-order valence-corrected chi connectivity index (χ1v) is 15.0. The van der Waals surface area contributed by atoms with Gasteiger partial charge in [0.25, 0.3) is 0 Å². The van der Waals surface area contributed by atoms with E-state index < -0.39 is 28.8 Å². The van der Waals surface area contributed by atoms with Crippen molar-refractivity contribution in [2.45, 2.75) is 157 Å². The molecule has 0 radical (unpaired) electrons. The van der Waals surface area contributed by atoms with E-state index in [-0.39, 0.29) is 24.5 Å². The highest BCUT2D eigenvalue weighted by Crippen LogP contribution is 2.28. The summed E-state index contributed by atoms with van der Waals surface area (Å²) in [6, 6.07) is 0. The Bertz CT molecular complexity index is 740. The van der Waals surface area contributed by atoms with Gasteiger partial charge < -0.3 is 25.3 Å². The van der Waals surface area contributed by atoms with Gasteiger partial charge in [0.05, 0.1) is 6.54 Å². The Morgan fingerprint density at radius 3 is 2.05 bits per heavy atom. The van der Waals surface area contributed by atoms with Crippen LogP contribution < -0.4 is 11.1 Å². The fraction of sp³-hybridized carbons (Fsp3) is 0.903. The molecule has 0 saturated carbocycles. The number of unbranched alkanes of at least 4 members (excludes halogenated alkanes) is 3. The number of carbonyl (C=O) groups excluding carboxylic acids is 3. The molecule has 0 fully saturated rings.